The zero-order valence-electron chi connectivity index (χ0n) is 13.4. The van der Waals surface area contributed by atoms with Gasteiger partial charge in [0.1, 0.15) is 6.07 Å². The second-order valence-electron chi connectivity index (χ2n) is 5.36. The number of nitrogens with zero attached hydrogens (tertiary/aromatic N) is 1. The minimum absolute atomic E-state index is 0.731. The van der Waals surface area contributed by atoms with Crippen LogP contribution in [0.15, 0.2) is 77.7 Å². The van der Waals surface area contributed by atoms with E-state index in [1.807, 2.05) is 48.7 Å². The van der Waals surface area contributed by atoms with Crippen molar-refractivity contribution in [3.05, 3.63) is 89.5 Å². The van der Waals surface area contributed by atoms with Crippen molar-refractivity contribution in [1.29, 1.82) is 5.26 Å². The third-order valence-corrected chi connectivity index (χ3v) is 4.59. The molecule has 3 aromatic rings. The standard InChI is InChI=1S/C22H17NS/c1-24-22-15-20(18-10-6-3-7-11-18)14-19(21(22)16-23)13-12-17-8-4-2-5-9-17/h2-15H,1H3/b13-12+. The maximum absolute atomic E-state index is 9.59. The molecule has 0 unspecified atom stereocenters. The van der Waals surface area contributed by atoms with Crippen LogP contribution >= 0.6 is 11.8 Å². The van der Waals surface area contributed by atoms with Crippen molar-refractivity contribution in [2.24, 2.45) is 0 Å². The zero-order chi connectivity index (χ0) is 16.8. The van der Waals surface area contributed by atoms with E-state index in [0.29, 0.717) is 0 Å². The summed E-state index contributed by atoms with van der Waals surface area (Å²) in [6, 6.07) is 26.9. The van der Waals surface area contributed by atoms with E-state index >= 15 is 0 Å². The highest BCUT2D eigenvalue weighted by Gasteiger charge is 2.09. The van der Waals surface area contributed by atoms with Crippen molar-refractivity contribution in [1.82, 2.24) is 0 Å². The van der Waals surface area contributed by atoms with Gasteiger partial charge in [-0.05, 0) is 40.6 Å². The number of hydrogen-bond acceptors (Lipinski definition) is 2. The lowest BCUT2D eigenvalue weighted by atomic mass is 9.98. The van der Waals surface area contributed by atoms with E-state index in [-0.39, 0.29) is 0 Å². The molecule has 0 bridgehead atoms. The molecule has 0 aliphatic carbocycles. The quantitative estimate of drug-likeness (QED) is 0.426. The van der Waals surface area contributed by atoms with Crippen LogP contribution in [0.1, 0.15) is 16.7 Å². The van der Waals surface area contributed by atoms with E-state index in [0.717, 1.165) is 32.7 Å². The molecular formula is C22H17NS. The predicted molar refractivity (Wildman–Crippen MR) is 104 cm³/mol. The fourth-order valence-electron chi connectivity index (χ4n) is 2.60. The molecule has 3 rings (SSSR count). The largest absolute Gasteiger partial charge is 0.192 e. The fraction of sp³-hybridized carbons (Fsp3) is 0.0455. The molecule has 0 amide bonds. The van der Waals surface area contributed by atoms with Crippen LogP contribution in [-0.2, 0) is 0 Å². The molecule has 0 saturated heterocycles. The van der Waals surface area contributed by atoms with Crippen LogP contribution in [0.4, 0.5) is 0 Å². The highest BCUT2D eigenvalue weighted by Crippen LogP contribution is 2.31. The van der Waals surface area contributed by atoms with E-state index in [2.05, 4.69) is 48.5 Å². The summed E-state index contributed by atoms with van der Waals surface area (Å²) in [6.07, 6.45) is 6.09. The minimum Gasteiger partial charge on any atom is -0.192 e. The van der Waals surface area contributed by atoms with Crippen LogP contribution in [0, 0.1) is 11.3 Å². The maximum atomic E-state index is 9.59. The van der Waals surface area contributed by atoms with Gasteiger partial charge >= 0.3 is 0 Å². The van der Waals surface area contributed by atoms with Gasteiger partial charge < -0.3 is 0 Å². The lowest BCUT2D eigenvalue weighted by Gasteiger charge is -2.10. The molecule has 0 saturated carbocycles. The lowest BCUT2D eigenvalue weighted by molar-refractivity contribution is 1.35. The van der Waals surface area contributed by atoms with E-state index < -0.39 is 0 Å². The summed E-state index contributed by atoms with van der Waals surface area (Å²) >= 11 is 1.61. The Labute approximate surface area is 147 Å². The summed E-state index contributed by atoms with van der Waals surface area (Å²) in [5.41, 5.74) is 5.09. The first kappa shape index (κ1) is 16.1. The molecular weight excluding hydrogens is 310 g/mol. The average Bonchev–Trinajstić information content (AvgIpc) is 2.67. The van der Waals surface area contributed by atoms with E-state index in [1.165, 1.54) is 0 Å². The molecule has 0 fully saturated rings. The Kier molecular flexibility index (Phi) is 5.15. The van der Waals surface area contributed by atoms with Crippen LogP contribution < -0.4 is 0 Å². The fourth-order valence-corrected chi connectivity index (χ4v) is 3.21. The monoisotopic (exact) mass is 327 g/mol. The highest BCUT2D eigenvalue weighted by molar-refractivity contribution is 7.98. The highest BCUT2D eigenvalue weighted by atomic mass is 32.2. The molecule has 0 spiro atoms. The number of hydrogen-bond donors (Lipinski definition) is 0. The number of thioether (sulfide) groups is 1. The first-order valence-corrected chi connectivity index (χ1v) is 8.95. The summed E-state index contributed by atoms with van der Waals surface area (Å²) < 4.78 is 0. The molecule has 0 aliphatic rings. The number of benzene rings is 3. The van der Waals surface area contributed by atoms with Gasteiger partial charge in [0.25, 0.3) is 0 Å². The average molecular weight is 327 g/mol. The molecule has 0 aromatic heterocycles. The van der Waals surface area contributed by atoms with Gasteiger partial charge in [0.05, 0.1) is 5.56 Å². The second kappa shape index (κ2) is 7.68. The zero-order valence-corrected chi connectivity index (χ0v) is 14.3. The summed E-state index contributed by atoms with van der Waals surface area (Å²) in [7, 11) is 0. The van der Waals surface area contributed by atoms with Crippen molar-refractivity contribution in [3.63, 3.8) is 0 Å². The van der Waals surface area contributed by atoms with Gasteiger partial charge in [-0.3, -0.25) is 0 Å². The van der Waals surface area contributed by atoms with E-state index in [1.54, 1.807) is 11.8 Å². The first-order chi connectivity index (χ1) is 11.8. The molecule has 3 aromatic carbocycles. The molecule has 0 heterocycles. The van der Waals surface area contributed by atoms with Crippen LogP contribution in [0.25, 0.3) is 23.3 Å². The normalized spacial score (nSPS) is 10.7. The van der Waals surface area contributed by atoms with Crippen molar-refractivity contribution in [3.8, 4) is 17.2 Å². The number of rotatable bonds is 4. The van der Waals surface area contributed by atoms with Crippen molar-refractivity contribution < 1.29 is 0 Å². The molecule has 0 radical (unpaired) electrons. The molecule has 2 heteroatoms. The SMILES string of the molecule is CSc1cc(-c2ccccc2)cc(/C=C/c2ccccc2)c1C#N. The maximum Gasteiger partial charge on any atom is 0.101 e. The predicted octanol–water partition coefficient (Wildman–Crippen LogP) is 6.12. The molecule has 24 heavy (non-hydrogen) atoms. The summed E-state index contributed by atoms with van der Waals surface area (Å²) in [6.45, 7) is 0. The number of nitriles is 1. The Bertz CT molecular complexity index is 891. The van der Waals surface area contributed by atoms with Gasteiger partial charge in [-0.1, -0.05) is 72.8 Å². The molecule has 0 N–H and O–H groups in total. The van der Waals surface area contributed by atoms with Gasteiger partial charge in [-0.2, -0.15) is 5.26 Å². The van der Waals surface area contributed by atoms with Crippen LogP contribution in [0.3, 0.4) is 0 Å². The summed E-state index contributed by atoms with van der Waals surface area (Å²) in [5, 5.41) is 9.59. The summed E-state index contributed by atoms with van der Waals surface area (Å²) in [5.74, 6) is 0. The lowest BCUT2D eigenvalue weighted by Crippen LogP contribution is -1.89. The topological polar surface area (TPSA) is 23.8 Å². The molecule has 0 aliphatic heterocycles. The van der Waals surface area contributed by atoms with E-state index in [9.17, 15) is 5.26 Å². The van der Waals surface area contributed by atoms with Gasteiger partial charge in [-0.15, -0.1) is 11.8 Å². The molecule has 116 valence electrons. The van der Waals surface area contributed by atoms with Crippen molar-refractivity contribution in [2.45, 2.75) is 4.90 Å². The Morgan fingerprint density at radius 2 is 1.50 bits per heavy atom. The van der Waals surface area contributed by atoms with Crippen LogP contribution in [0.2, 0.25) is 0 Å². The Hall–Kier alpha value is -2.76. The first-order valence-electron chi connectivity index (χ1n) is 7.72. The minimum atomic E-state index is 0.731. The van der Waals surface area contributed by atoms with Crippen molar-refractivity contribution in [2.75, 3.05) is 6.26 Å². The van der Waals surface area contributed by atoms with Gasteiger partial charge in [0.2, 0.25) is 0 Å². The smallest absolute Gasteiger partial charge is 0.101 e. The summed E-state index contributed by atoms with van der Waals surface area (Å²) in [4.78, 5) is 1.01. The van der Waals surface area contributed by atoms with Crippen LogP contribution in [-0.4, -0.2) is 6.26 Å². The van der Waals surface area contributed by atoms with Gasteiger partial charge in [0, 0.05) is 4.90 Å². The Morgan fingerprint density at radius 1 is 0.833 bits per heavy atom. The van der Waals surface area contributed by atoms with Crippen molar-refractivity contribution >= 4 is 23.9 Å². The Balaban J connectivity index is 2.10. The Morgan fingerprint density at radius 3 is 2.12 bits per heavy atom. The van der Waals surface area contributed by atoms with E-state index in [4.69, 9.17) is 0 Å². The third kappa shape index (κ3) is 3.59. The molecule has 1 nitrogen and oxygen atoms in total. The second-order valence-corrected chi connectivity index (χ2v) is 6.21. The molecule has 0 atom stereocenters. The van der Waals surface area contributed by atoms with Gasteiger partial charge in [0.15, 0.2) is 0 Å². The van der Waals surface area contributed by atoms with Gasteiger partial charge in [-0.25, -0.2) is 0 Å². The van der Waals surface area contributed by atoms with Crippen LogP contribution in [0.5, 0.6) is 0 Å². The third-order valence-electron chi connectivity index (χ3n) is 3.83.